The predicted octanol–water partition coefficient (Wildman–Crippen LogP) is 1.37. The van der Waals surface area contributed by atoms with Gasteiger partial charge in [-0.2, -0.15) is 0 Å². The topological polar surface area (TPSA) is 82.1 Å². The van der Waals surface area contributed by atoms with E-state index in [0.29, 0.717) is 30.9 Å². The molecule has 0 saturated carbocycles. The van der Waals surface area contributed by atoms with Gasteiger partial charge in [0.2, 0.25) is 12.7 Å². The smallest absolute Gasteiger partial charge is 0.338 e. The zero-order chi connectivity index (χ0) is 15.7. The molecule has 0 aliphatic carbocycles. The number of nitrogens with zero attached hydrogens (tertiary/aromatic N) is 1. The number of hydrogen-bond acceptors (Lipinski definition) is 6. The second kappa shape index (κ2) is 5.84. The maximum Gasteiger partial charge on any atom is 0.338 e. The molecule has 1 aromatic carbocycles. The Morgan fingerprint density at radius 1 is 1.32 bits per heavy atom. The van der Waals surface area contributed by atoms with Crippen LogP contribution >= 0.6 is 11.6 Å². The number of carbonyl (C=O) groups is 3. The molecule has 22 heavy (non-hydrogen) atoms. The van der Waals surface area contributed by atoms with Crippen molar-refractivity contribution in [3.63, 3.8) is 0 Å². The SMILES string of the molecule is O=C(OCC(=O)N1CCCC1=O)c1cc(Cl)c2c(c1)OCO2. The number of esters is 1. The minimum absolute atomic E-state index is 0.0309. The van der Waals surface area contributed by atoms with Crippen LogP contribution in [0.15, 0.2) is 12.1 Å². The Hall–Kier alpha value is -2.28. The summed E-state index contributed by atoms with van der Waals surface area (Å²) in [6, 6.07) is 2.81. The van der Waals surface area contributed by atoms with Gasteiger partial charge in [-0.3, -0.25) is 14.5 Å². The van der Waals surface area contributed by atoms with Crippen molar-refractivity contribution >= 4 is 29.4 Å². The highest BCUT2D eigenvalue weighted by Crippen LogP contribution is 2.39. The van der Waals surface area contributed by atoms with Crippen LogP contribution in [-0.2, 0) is 14.3 Å². The highest BCUT2D eigenvalue weighted by Gasteiger charge is 2.27. The molecule has 0 spiro atoms. The average molecular weight is 326 g/mol. The lowest BCUT2D eigenvalue weighted by Gasteiger charge is -2.13. The number of fused-ring (bicyclic) bond motifs is 1. The number of halogens is 1. The Bertz CT molecular complexity index is 659. The van der Waals surface area contributed by atoms with Gasteiger partial charge in [0.25, 0.3) is 5.91 Å². The highest BCUT2D eigenvalue weighted by atomic mass is 35.5. The summed E-state index contributed by atoms with van der Waals surface area (Å²) in [5.74, 6) is -0.771. The molecule has 8 heteroatoms. The molecule has 2 aliphatic heterocycles. The second-order valence-electron chi connectivity index (χ2n) is 4.81. The first-order chi connectivity index (χ1) is 10.6. The fourth-order valence-electron chi connectivity index (χ4n) is 2.29. The lowest BCUT2D eigenvalue weighted by molar-refractivity contribution is -0.143. The van der Waals surface area contributed by atoms with Crippen LogP contribution in [-0.4, -0.2) is 42.6 Å². The van der Waals surface area contributed by atoms with Crippen LogP contribution in [0.4, 0.5) is 0 Å². The van der Waals surface area contributed by atoms with E-state index in [0.717, 1.165) is 4.90 Å². The zero-order valence-corrected chi connectivity index (χ0v) is 12.2. The third kappa shape index (κ3) is 2.71. The van der Waals surface area contributed by atoms with Crippen LogP contribution in [0.1, 0.15) is 23.2 Å². The van der Waals surface area contributed by atoms with E-state index in [1.165, 1.54) is 12.1 Å². The number of imide groups is 1. The molecule has 2 heterocycles. The van der Waals surface area contributed by atoms with Crippen LogP contribution in [0, 0.1) is 0 Å². The van der Waals surface area contributed by atoms with Gasteiger partial charge < -0.3 is 14.2 Å². The van der Waals surface area contributed by atoms with Gasteiger partial charge in [0, 0.05) is 13.0 Å². The summed E-state index contributed by atoms with van der Waals surface area (Å²) in [5.41, 5.74) is 0.148. The monoisotopic (exact) mass is 325 g/mol. The first-order valence-corrected chi connectivity index (χ1v) is 7.03. The summed E-state index contributed by atoms with van der Waals surface area (Å²) in [4.78, 5) is 36.3. The quantitative estimate of drug-likeness (QED) is 0.781. The predicted molar refractivity (Wildman–Crippen MR) is 73.8 cm³/mol. The average Bonchev–Trinajstić information content (AvgIpc) is 3.13. The molecule has 0 atom stereocenters. The molecular weight excluding hydrogens is 314 g/mol. The summed E-state index contributed by atoms with van der Waals surface area (Å²) < 4.78 is 15.2. The number of carbonyl (C=O) groups excluding carboxylic acids is 3. The molecule has 7 nitrogen and oxygen atoms in total. The van der Waals surface area contributed by atoms with Crippen LogP contribution < -0.4 is 9.47 Å². The Morgan fingerprint density at radius 3 is 2.86 bits per heavy atom. The number of hydrogen-bond donors (Lipinski definition) is 0. The summed E-state index contributed by atoms with van der Waals surface area (Å²) in [6.45, 7) is -0.0924. The Balaban J connectivity index is 1.64. The molecule has 116 valence electrons. The van der Waals surface area contributed by atoms with Crippen molar-refractivity contribution in [1.82, 2.24) is 4.90 Å². The molecule has 0 aromatic heterocycles. The maximum absolute atomic E-state index is 12.0. The van der Waals surface area contributed by atoms with Crippen molar-refractivity contribution in [3.05, 3.63) is 22.7 Å². The van der Waals surface area contributed by atoms with E-state index in [1.54, 1.807) is 0 Å². The van der Waals surface area contributed by atoms with Crippen LogP contribution in [0.25, 0.3) is 0 Å². The summed E-state index contributed by atoms with van der Waals surface area (Å²) in [5, 5.41) is 0.225. The van der Waals surface area contributed by atoms with Crippen molar-refractivity contribution < 1.29 is 28.6 Å². The number of likely N-dealkylation sites (tertiary alicyclic amines) is 1. The molecule has 1 fully saturated rings. The summed E-state index contributed by atoms with van der Waals surface area (Å²) in [6.07, 6.45) is 0.980. The first-order valence-electron chi connectivity index (χ1n) is 6.66. The lowest BCUT2D eigenvalue weighted by Crippen LogP contribution is -2.35. The molecule has 2 aliphatic rings. The van der Waals surface area contributed by atoms with E-state index in [9.17, 15) is 14.4 Å². The standard InChI is InChI=1S/C14H12ClNO6/c15-9-4-8(5-10-13(9)22-7-21-10)14(19)20-6-12(18)16-3-1-2-11(16)17/h4-5H,1-3,6-7H2. The molecule has 0 unspecified atom stereocenters. The Labute approximate surface area is 130 Å². The minimum atomic E-state index is -0.722. The fraction of sp³-hybridized carbons (Fsp3) is 0.357. The van der Waals surface area contributed by atoms with Gasteiger partial charge in [-0.15, -0.1) is 0 Å². The first kappa shape index (κ1) is 14.6. The van der Waals surface area contributed by atoms with Crippen molar-refractivity contribution in [2.75, 3.05) is 19.9 Å². The molecule has 0 bridgehead atoms. The van der Waals surface area contributed by atoms with Crippen molar-refractivity contribution in [2.24, 2.45) is 0 Å². The van der Waals surface area contributed by atoms with Gasteiger partial charge in [0.1, 0.15) is 0 Å². The summed E-state index contributed by atoms with van der Waals surface area (Å²) in [7, 11) is 0. The fourth-order valence-corrected chi connectivity index (χ4v) is 2.55. The van der Waals surface area contributed by atoms with E-state index >= 15 is 0 Å². The molecule has 0 radical (unpaired) electrons. The normalized spacial score (nSPS) is 16.0. The van der Waals surface area contributed by atoms with Gasteiger partial charge >= 0.3 is 5.97 Å². The molecular formula is C14H12ClNO6. The third-order valence-corrected chi connectivity index (χ3v) is 3.64. The number of rotatable bonds is 3. The maximum atomic E-state index is 12.0. The molecule has 1 aromatic rings. The highest BCUT2D eigenvalue weighted by molar-refractivity contribution is 6.32. The zero-order valence-electron chi connectivity index (χ0n) is 11.5. The van der Waals surface area contributed by atoms with E-state index < -0.39 is 18.5 Å². The van der Waals surface area contributed by atoms with Crippen LogP contribution in [0.3, 0.4) is 0 Å². The van der Waals surface area contributed by atoms with Gasteiger partial charge in [0.15, 0.2) is 18.1 Å². The number of benzene rings is 1. The van der Waals surface area contributed by atoms with Crippen LogP contribution in [0.5, 0.6) is 11.5 Å². The minimum Gasteiger partial charge on any atom is -0.454 e. The third-order valence-electron chi connectivity index (χ3n) is 3.36. The molecule has 3 rings (SSSR count). The van der Waals surface area contributed by atoms with E-state index in [1.807, 2.05) is 0 Å². The molecule has 2 amide bonds. The van der Waals surface area contributed by atoms with Gasteiger partial charge in [-0.25, -0.2) is 4.79 Å². The summed E-state index contributed by atoms with van der Waals surface area (Å²) >= 11 is 5.97. The van der Waals surface area contributed by atoms with Gasteiger partial charge in [-0.05, 0) is 18.6 Å². The Kier molecular flexibility index (Phi) is 3.89. The number of amides is 2. The van der Waals surface area contributed by atoms with E-state index in [4.69, 9.17) is 25.8 Å². The van der Waals surface area contributed by atoms with Crippen molar-refractivity contribution in [3.8, 4) is 11.5 Å². The molecule has 1 saturated heterocycles. The van der Waals surface area contributed by atoms with Crippen molar-refractivity contribution in [2.45, 2.75) is 12.8 Å². The van der Waals surface area contributed by atoms with E-state index in [2.05, 4.69) is 0 Å². The largest absolute Gasteiger partial charge is 0.454 e. The van der Waals surface area contributed by atoms with Crippen molar-refractivity contribution in [1.29, 1.82) is 0 Å². The van der Waals surface area contributed by atoms with Gasteiger partial charge in [-0.1, -0.05) is 11.6 Å². The van der Waals surface area contributed by atoms with E-state index in [-0.39, 0.29) is 23.3 Å². The lowest BCUT2D eigenvalue weighted by atomic mass is 10.2. The number of ether oxygens (including phenoxy) is 3. The Morgan fingerprint density at radius 2 is 2.14 bits per heavy atom. The second-order valence-corrected chi connectivity index (χ2v) is 5.22. The van der Waals surface area contributed by atoms with Gasteiger partial charge in [0.05, 0.1) is 10.6 Å². The van der Waals surface area contributed by atoms with Crippen LogP contribution in [0.2, 0.25) is 5.02 Å². The molecule has 0 N–H and O–H groups in total.